The van der Waals surface area contributed by atoms with Crippen molar-refractivity contribution >= 4 is 34.0 Å². The Morgan fingerprint density at radius 1 is 1.19 bits per heavy atom. The van der Waals surface area contributed by atoms with E-state index >= 15 is 0 Å². The van der Waals surface area contributed by atoms with Gasteiger partial charge in [0, 0.05) is 28.2 Å². The number of nitrogens with zero attached hydrogens (tertiary/aromatic N) is 3. The van der Waals surface area contributed by atoms with Crippen LogP contribution in [0.15, 0.2) is 57.9 Å². The smallest absolute Gasteiger partial charge is 0.379 e. The summed E-state index contributed by atoms with van der Waals surface area (Å²) in [6.45, 7) is -0.116. The highest BCUT2D eigenvalue weighted by Crippen LogP contribution is 2.35. The summed E-state index contributed by atoms with van der Waals surface area (Å²) < 4.78 is 61.6. The van der Waals surface area contributed by atoms with Gasteiger partial charge in [0.2, 0.25) is 11.7 Å². The lowest BCUT2D eigenvalue weighted by atomic mass is 10.0. The van der Waals surface area contributed by atoms with E-state index in [2.05, 4.69) is 26.1 Å². The van der Waals surface area contributed by atoms with Gasteiger partial charge in [-0.25, -0.2) is 4.39 Å². The van der Waals surface area contributed by atoms with E-state index in [1.807, 2.05) is 30.5 Å². The number of hydrogen-bond donors (Lipinski definition) is 3. The van der Waals surface area contributed by atoms with Crippen LogP contribution in [0.1, 0.15) is 12.3 Å². The molecule has 0 spiro atoms. The minimum absolute atomic E-state index is 0.0474. The molecule has 2 unspecified atom stereocenters. The van der Waals surface area contributed by atoms with Crippen molar-refractivity contribution < 1.29 is 22.1 Å². The van der Waals surface area contributed by atoms with Crippen LogP contribution in [0.4, 0.5) is 28.9 Å². The Balaban J connectivity index is 1.44. The number of halogens is 4. The van der Waals surface area contributed by atoms with Crippen LogP contribution in [-0.2, 0) is 13.1 Å². The zero-order chi connectivity index (χ0) is 26.0. The Bertz CT molecular complexity index is 1350. The molecule has 3 N–H and O–H groups in total. The van der Waals surface area contributed by atoms with Crippen LogP contribution in [0, 0.1) is 0 Å². The molecule has 196 valence electrons. The van der Waals surface area contributed by atoms with Crippen LogP contribution in [0.25, 0.3) is 22.4 Å². The molecule has 0 saturated carbocycles. The number of hydrogen-bond acceptors (Lipinski definition) is 7. The van der Waals surface area contributed by atoms with Gasteiger partial charge in [-0.2, -0.15) is 18.2 Å². The van der Waals surface area contributed by atoms with Gasteiger partial charge in [0.15, 0.2) is 0 Å². The first kappa shape index (κ1) is 25.4. The van der Waals surface area contributed by atoms with Crippen LogP contribution in [0.2, 0.25) is 0 Å². The molecule has 12 heteroatoms. The molecular weight excluding hydrogens is 508 g/mol. The summed E-state index contributed by atoms with van der Waals surface area (Å²) in [5, 5.41) is 13.9. The van der Waals surface area contributed by atoms with Gasteiger partial charge < -0.3 is 25.0 Å². The first-order valence-electron chi connectivity index (χ1n) is 11.8. The average molecular weight is 535 g/mol. The normalized spacial score (nSPS) is 18.3. The Hall–Kier alpha value is -3.25. The van der Waals surface area contributed by atoms with Gasteiger partial charge in [-0.15, -0.1) is 11.8 Å². The van der Waals surface area contributed by atoms with Gasteiger partial charge in [-0.3, -0.25) is 0 Å². The molecule has 1 fully saturated rings. The quantitative estimate of drug-likeness (QED) is 0.198. The topological polar surface area (TPSA) is 79.9 Å². The van der Waals surface area contributed by atoms with E-state index in [0.717, 1.165) is 15.1 Å². The van der Waals surface area contributed by atoms with Crippen molar-refractivity contribution in [3.8, 4) is 11.5 Å². The lowest BCUT2D eigenvalue weighted by Gasteiger charge is -2.28. The van der Waals surface area contributed by atoms with Gasteiger partial charge in [0.25, 0.3) is 0 Å². The lowest BCUT2D eigenvalue weighted by molar-refractivity contribution is -0.139. The maximum atomic E-state index is 14.4. The van der Waals surface area contributed by atoms with Crippen LogP contribution in [-0.4, -0.2) is 52.4 Å². The maximum Gasteiger partial charge on any atom is 0.406 e. The largest absolute Gasteiger partial charge is 0.406 e. The SMILES string of the molecule is CSc1ccc(NCc2nc(-c3cc4c(NC5CCNCC5F)cccc4n3CC(F)(F)F)no2)cc1. The number of alkyl halides is 4. The third kappa shape index (κ3) is 5.85. The summed E-state index contributed by atoms with van der Waals surface area (Å²) in [7, 11) is 0. The molecule has 2 aromatic heterocycles. The molecule has 2 atom stereocenters. The minimum Gasteiger partial charge on any atom is -0.379 e. The van der Waals surface area contributed by atoms with Crippen molar-refractivity contribution in [2.24, 2.45) is 0 Å². The number of fused-ring (bicyclic) bond motifs is 1. The first-order chi connectivity index (χ1) is 17.8. The van der Waals surface area contributed by atoms with E-state index in [1.165, 1.54) is 0 Å². The third-order valence-corrected chi connectivity index (χ3v) is 7.01. The Kier molecular flexibility index (Phi) is 7.29. The molecule has 3 heterocycles. The average Bonchev–Trinajstić information content (AvgIpc) is 3.49. The highest BCUT2D eigenvalue weighted by molar-refractivity contribution is 7.98. The van der Waals surface area contributed by atoms with Crippen molar-refractivity contribution in [1.82, 2.24) is 20.0 Å². The summed E-state index contributed by atoms with van der Waals surface area (Å²) in [5.74, 6) is 0.284. The predicted molar refractivity (Wildman–Crippen MR) is 137 cm³/mol. The third-order valence-electron chi connectivity index (χ3n) is 6.26. The monoisotopic (exact) mass is 534 g/mol. The number of aromatic nitrogens is 3. The van der Waals surface area contributed by atoms with Gasteiger partial charge in [-0.1, -0.05) is 11.2 Å². The fraction of sp³-hybridized carbons (Fsp3) is 0.360. The van der Waals surface area contributed by atoms with Gasteiger partial charge in [0.05, 0.1) is 23.8 Å². The molecule has 0 bridgehead atoms. The summed E-state index contributed by atoms with van der Waals surface area (Å²) in [4.78, 5) is 5.48. The van der Waals surface area contributed by atoms with E-state index in [1.54, 1.807) is 36.0 Å². The van der Waals surface area contributed by atoms with E-state index in [4.69, 9.17) is 4.52 Å². The Morgan fingerprint density at radius 3 is 2.73 bits per heavy atom. The second-order valence-electron chi connectivity index (χ2n) is 8.82. The molecule has 37 heavy (non-hydrogen) atoms. The maximum absolute atomic E-state index is 14.4. The van der Waals surface area contributed by atoms with Crippen molar-refractivity contribution in [1.29, 1.82) is 0 Å². The Labute approximate surface area is 215 Å². The summed E-state index contributed by atoms with van der Waals surface area (Å²) >= 11 is 1.63. The van der Waals surface area contributed by atoms with Gasteiger partial charge in [0.1, 0.15) is 12.7 Å². The summed E-state index contributed by atoms with van der Waals surface area (Å²) in [5.41, 5.74) is 1.93. The van der Waals surface area contributed by atoms with Crippen molar-refractivity contribution in [3.05, 3.63) is 54.4 Å². The molecule has 1 aliphatic rings. The molecule has 5 rings (SSSR count). The van der Waals surface area contributed by atoms with Crippen molar-refractivity contribution in [3.63, 3.8) is 0 Å². The molecule has 0 aliphatic carbocycles. The fourth-order valence-corrected chi connectivity index (χ4v) is 4.85. The van der Waals surface area contributed by atoms with E-state index in [0.29, 0.717) is 29.6 Å². The summed E-state index contributed by atoms with van der Waals surface area (Å²) in [6.07, 6.45) is -3.02. The van der Waals surface area contributed by atoms with E-state index in [-0.39, 0.29) is 30.5 Å². The van der Waals surface area contributed by atoms with Gasteiger partial charge >= 0.3 is 6.18 Å². The molecule has 4 aromatic rings. The predicted octanol–water partition coefficient (Wildman–Crippen LogP) is 5.70. The molecule has 0 radical (unpaired) electrons. The lowest BCUT2D eigenvalue weighted by Crippen LogP contribution is -2.45. The number of thioether (sulfide) groups is 1. The van der Waals surface area contributed by atoms with Crippen LogP contribution in [0.3, 0.4) is 0 Å². The molecule has 7 nitrogen and oxygen atoms in total. The zero-order valence-electron chi connectivity index (χ0n) is 20.0. The highest BCUT2D eigenvalue weighted by atomic mass is 32.2. The zero-order valence-corrected chi connectivity index (χ0v) is 20.8. The molecule has 1 saturated heterocycles. The summed E-state index contributed by atoms with van der Waals surface area (Å²) in [6, 6.07) is 14.0. The molecule has 0 amide bonds. The van der Waals surface area contributed by atoms with Crippen molar-refractivity contribution in [2.45, 2.75) is 42.8 Å². The number of nitrogens with one attached hydrogen (secondary N) is 3. The highest BCUT2D eigenvalue weighted by Gasteiger charge is 2.32. The van der Waals surface area contributed by atoms with Crippen LogP contribution >= 0.6 is 11.8 Å². The minimum atomic E-state index is -4.47. The van der Waals surface area contributed by atoms with Gasteiger partial charge in [-0.05, 0) is 61.7 Å². The molecular formula is C25H26F4N6OS. The second kappa shape index (κ2) is 10.6. The molecule has 1 aliphatic heterocycles. The first-order valence-corrected chi connectivity index (χ1v) is 13.0. The van der Waals surface area contributed by atoms with Crippen LogP contribution < -0.4 is 16.0 Å². The second-order valence-corrected chi connectivity index (χ2v) is 9.70. The van der Waals surface area contributed by atoms with Crippen molar-refractivity contribution in [2.75, 3.05) is 30.0 Å². The number of rotatable bonds is 8. The molecule has 2 aromatic carbocycles. The number of benzene rings is 2. The van der Waals surface area contributed by atoms with E-state index < -0.39 is 24.9 Å². The fourth-order valence-electron chi connectivity index (χ4n) is 4.45. The number of anilines is 2. The number of piperidine rings is 1. The van der Waals surface area contributed by atoms with E-state index in [9.17, 15) is 17.6 Å². The standard InChI is InChI=1S/C25H26F4N6OS/c1-37-16-7-5-15(6-8-16)31-13-23-33-24(34-36-23)22-11-17-19(32-20-9-10-30-12-18(20)26)3-2-4-21(17)35(22)14-25(27,28)29/h2-8,11,18,20,30-32H,9-10,12-14H2,1H3. The van der Waals surface area contributed by atoms with Crippen LogP contribution in [0.5, 0.6) is 0 Å². The Morgan fingerprint density at radius 2 is 2.00 bits per heavy atom.